The molecule has 0 rings (SSSR count). The molecule has 4 N–H and O–H groups in total. The van der Waals surface area contributed by atoms with Gasteiger partial charge in [0.25, 0.3) is 0 Å². The number of nitrogens with two attached hydrogens (primary N) is 2. The molecule has 0 saturated heterocycles. The van der Waals surface area contributed by atoms with Crippen LogP contribution in [0, 0.1) is 0 Å². The Labute approximate surface area is 97.0 Å². The fourth-order valence-electron chi connectivity index (χ4n) is 0.577. The Kier molecular flexibility index (Phi) is 24.7. The first-order valence-corrected chi connectivity index (χ1v) is 5.53. The Hall–Kier alpha value is -1.14. The molecule has 0 aliphatic carbocycles. The van der Waals surface area contributed by atoms with Gasteiger partial charge in [0.15, 0.2) is 0 Å². The first-order chi connectivity index (χ1) is 7.47. The van der Waals surface area contributed by atoms with Crippen molar-refractivity contribution in [3.05, 3.63) is 0 Å². The summed E-state index contributed by atoms with van der Waals surface area (Å²) < 4.78 is 0. The lowest BCUT2D eigenvalue weighted by molar-refractivity contribution is -0.648. The molecule has 0 amide bonds. The van der Waals surface area contributed by atoms with Crippen LogP contribution in [-0.2, 0) is 9.59 Å². The van der Waals surface area contributed by atoms with Crippen LogP contribution in [0.1, 0.15) is 27.7 Å². The Bertz CT molecular complexity index is 141. The van der Waals surface area contributed by atoms with Gasteiger partial charge in [0, 0.05) is 0 Å². The summed E-state index contributed by atoms with van der Waals surface area (Å²) in [5.41, 5.74) is 0. The third-order valence-corrected chi connectivity index (χ3v) is 1.32. The minimum Gasteiger partial charge on any atom is -0.543 e. The van der Waals surface area contributed by atoms with E-state index in [0.717, 1.165) is 0 Å². The van der Waals surface area contributed by atoms with Crippen molar-refractivity contribution >= 4 is 11.9 Å². The highest BCUT2D eigenvalue weighted by molar-refractivity contribution is 6.25. The highest BCUT2D eigenvalue weighted by Crippen LogP contribution is 1.41. The summed E-state index contributed by atoms with van der Waals surface area (Å²) in [5.74, 6) is -4.37. The number of quaternary nitrogens is 2. The maximum absolute atomic E-state index is 8.93. The highest BCUT2D eigenvalue weighted by atomic mass is 16.4. The number of carbonyl (C=O) groups excluding carboxylic acids is 2. The van der Waals surface area contributed by atoms with Crippen molar-refractivity contribution in [2.24, 2.45) is 0 Å². The molecular formula is C10H24N2O4. The second kappa shape index (κ2) is 19.4. The van der Waals surface area contributed by atoms with E-state index in [9.17, 15) is 0 Å². The Morgan fingerprint density at radius 1 is 0.750 bits per heavy atom. The number of carboxylic acid groups (broad SMARTS) is 2. The van der Waals surface area contributed by atoms with E-state index in [0.29, 0.717) is 0 Å². The molecular weight excluding hydrogens is 212 g/mol. The summed E-state index contributed by atoms with van der Waals surface area (Å²) in [6.45, 7) is 13.5. The standard InChI is InChI=1S/2C4H11N.C2H2O4/c2*1-3-5-4-2;3-1(4)2(5)6/h2*5H,3-4H2,1-2H3;(H,3,4)(H,5,6). The molecule has 16 heavy (non-hydrogen) atoms. The van der Waals surface area contributed by atoms with E-state index in [4.69, 9.17) is 19.8 Å². The number of hydrogen-bond acceptors (Lipinski definition) is 4. The second-order valence-electron chi connectivity index (χ2n) is 2.79. The smallest absolute Gasteiger partial charge is 0.0870 e. The average Bonchev–Trinajstić information content (AvgIpc) is 2.22. The van der Waals surface area contributed by atoms with Gasteiger partial charge in [-0.15, -0.1) is 0 Å². The van der Waals surface area contributed by atoms with E-state index < -0.39 is 11.9 Å². The summed E-state index contributed by atoms with van der Waals surface area (Å²) in [7, 11) is 0. The minimum absolute atomic E-state index is 1.22. The van der Waals surface area contributed by atoms with Crippen molar-refractivity contribution in [3.63, 3.8) is 0 Å². The molecule has 0 aromatic rings. The predicted octanol–water partition coefficient (Wildman–Crippen LogP) is -4.33. The van der Waals surface area contributed by atoms with E-state index >= 15 is 0 Å². The minimum atomic E-state index is -2.19. The molecule has 0 saturated carbocycles. The van der Waals surface area contributed by atoms with Gasteiger partial charge in [-0.3, -0.25) is 0 Å². The van der Waals surface area contributed by atoms with E-state index in [1.165, 1.54) is 26.2 Å². The van der Waals surface area contributed by atoms with Crippen molar-refractivity contribution in [1.82, 2.24) is 0 Å². The van der Waals surface area contributed by atoms with Gasteiger partial charge in [0.1, 0.15) is 0 Å². The molecule has 0 aromatic carbocycles. The summed E-state index contributed by atoms with van der Waals surface area (Å²) in [6.07, 6.45) is 0. The zero-order valence-corrected chi connectivity index (χ0v) is 10.6. The second-order valence-corrected chi connectivity index (χ2v) is 2.79. The number of carbonyl (C=O) groups is 2. The summed E-state index contributed by atoms with van der Waals surface area (Å²) in [4.78, 5) is 17.9. The van der Waals surface area contributed by atoms with Gasteiger partial charge >= 0.3 is 0 Å². The van der Waals surface area contributed by atoms with Crippen LogP contribution >= 0.6 is 0 Å². The first-order valence-electron chi connectivity index (χ1n) is 5.53. The van der Waals surface area contributed by atoms with E-state index in [2.05, 4.69) is 38.3 Å². The Morgan fingerprint density at radius 2 is 0.938 bits per heavy atom. The lowest BCUT2D eigenvalue weighted by Gasteiger charge is -1.97. The number of carboxylic acids is 2. The maximum Gasteiger partial charge on any atom is 0.0870 e. The summed E-state index contributed by atoms with van der Waals surface area (Å²) in [6, 6.07) is 0. The van der Waals surface area contributed by atoms with Gasteiger partial charge in [0.05, 0.1) is 38.1 Å². The summed E-state index contributed by atoms with van der Waals surface area (Å²) in [5, 5.41) is 22.4. The topological polar surface area (TPSA) is 113 Å². The molecule has 0 aromatic heterocycles. The van der Waals surface area contributed by atoms with Crippen LogP contribution in [0.3, 0.4) is 0 Å². The third-order valence-electron chi connectivity index (χ3n) is 1.32. The summed E-state index contributed by atoms with van der Waals surface area (Å²) >= 11 is 0. The molecule has 98 valence electrons. The van der Waals surface area contributed by atoms with E-state index in [-0.39, 0.29) is 0 Å². The highest BCUT2D eigenvalue weighted by Gasteiger charge is 1.75. The van der Waals surface area contributed by atoms with Gasteiger partial charge < -0.3 is 30.4 Å². The van der Waals surface area contributed by atoms with Crippen LogP contribution in [0.2, 0.25) is 0 Å². The fraction of sp³-hybridized carbons (Fsp3) is 0.800. The van der Waals surface area contributed by atoms with Crippen molar-refractivity contribution < 1.29 is 30.4 Å². The van der Waals surface area contributed by atoms with Crippen molar-refractivity contribution in [2.45, 2.75) is 27.7 Å². The van der Waals surface area contributed by atoms with Gasteiger partial charge in [-0.05, 0) is 27.7 Å². The van der Waals surface area contributed by atoms with Gasteiger partial charge in [0.2, 0.25) is 0 Å². The number of hydrogen-bond donors (Lipinski definition) is 2. The monoisotopic (exact) mass is 236 g/mol. The van der Waals surface area contributed by atoms with E-state index in [1.54, 1.807) is 0 Å². The number of rotatable bonds is 4. The molecule has 0 fully saturated rings. The fourth-order valence-corrected chi connectivity index (χ4v) is 0.577. The third kappa shape index (κ3) is 38.4. The van der Waals surface area contributed by atoms with Crippen LogP contribution in [0.4, 0.5) is 0 Å². The van der Waals surface area contributed by atoms with Crippen LogP contribution in [0.5, 0.6) is 0 Å². The first kappa shape index (κ1) is 20.3. The SMILES string of the molecule is CC[NH2+]CC.CC[NH2+]CC.O=C([O-])C(=O)[O-]. The Balaban J connectivity index is -0.000000160. The lowest BCUT2D eigenvalue weighted by Crippen LogP contribution is -2.82. The number of aliphatic carboxylic acids is 2. The van der Waals surface area contributed by atoms with Gasteiger partial charge in [-0.1, -0.05) is 0 Å². The van der Waals surface area contributed by atoms with Crippen molar-refractivity contribution in [2.75, 3.05) is 26.2 Å². The lowest BCUT2D eigenvalue weighted by atomic mass is 10.7. The molecule has 0 aliphatic heterocycles. The van der Waals surface area contributed by atoms with Crippen molar-refractivity contribution in [1.29, 1.82) is 0 Å². The molecule has 6 nitrogen and oxygen atoms in total. The van der Waals surface area contributed by atoms with Crippen molar-refractivity contribution in [3.8, 4) is 0 Å². The molecule has 0 atom stereocenters. The van der Waals surface area contributed by atoms with Crippen LogP contribution in [0.25, 0.3) is 0 Å². The van der Waals surface area contributed by atoms with E-state index in [1.807, 2.05) is 0 Å². The zero-order valence-electron chi connectivity index (χ0n) is 10.6. The predicted molar refractivity (Wildman–Crippen MR) is 56.0 cm³/mol. The molecule has 0 unspecified atom stereocenters. The Morgan fingerprint density at radius 3 is 0.938 bits per heavy atom. The van der Waals surface area contributed by atoms with Crippen LogP contribution < -0.4 is 20.8 Å². The molecule has 6 heteroatoms. The molecule has 0 spiro atoms. The maximum atomic E-state index is 8.93. The molecule has 0 heterocycles. The molecule has 0 radical (unpaired) electrons. The van der Waals surface area contributed by atoms with Gasteiger partial charge in [-0.25, -0.2) is 0 Å². The zero-order chi connectivity index (χ0) is 13.4. The largest absolute Gasteiger partial charge is 0.543 e. The molecule has 0 bridgehead atoms. The van der Waals surface area contributed by atoms with Gasteiger partial charge in [-0.2, -0.15) is 0 Å². The molecule has 0 aliphatic rings. The normalized spacial score (nSPS) is 8.00. The average molecular weight is 236 g/mol. The van der Waals surface area contributed by atoms with Crippen LogP contribution in [-0.4, -0.2) is 38.1 Å². The van der Waals surface area contributed by atoms with Crippen LogP contribution in [0.15, 0.2) is 0 Å². The quantitative estimate of drug-likeness (QED) is 0.480.